The van der Waals surface area contributed by atoms with Gasteiger partial charge in [-0.2, -0.15) is 0 Å². The lowest BCUT2D eigenvalue weighted by atomic mass is 10.1. The van der Waals surface area contributed by atoms with Crippen molar-refractivity contribution in [2.75, 3.05) is 24.7 Å². The van der Waals surface area contributed by atoms with Crippen LogP contribution >= 0.6 is 0 Å². The van der Waals surface area contributed by atoms with E-state index in [1.807, 2.05) is 25.1 Å². The number of anilines is 1. The first-order valence-corrected chi connectivity index (χ1v) is 5.74. The Morgan fingerprint density at radius 3 is 2.88 bits per heavy atom. The second kappa shape index (κ2) is 5.10. The number of carbonyl (C=O) groups excluding carboxylic acids is 2. The maximum atomic E-state index is 11.8. The van der Waals surface area contributed by atoms with Gasteiger partial charge >= 0.3 is 0 Å². The minimum absolute atomic E-state index is 0.0555. The lowest BCUT2D eigenvalue weighted by Crippen LogP contribution is -2.42. The molecule has 1 amide bonds. The SMILES string of the molecule is CCC(=O)c1ccccc1N1CCOCC1=O. The van der Waals surface area contributed by atoms with Crippen molar-refractivity contribution in [2.24, 2.45) is 0 Å². The number of nitrogens with zero attached hydrogens (tertiary/aromatic N) is 1. The number of benzene rings is 1. The molecule has 4 heteroatoms. The van der Waals surface area contributed by atoms with Gasteiger partial charge in [-0.3, -0.25) is 9.59 Å². The molecule has 1 heterocycles. The highest BCUT2D eigenvalue weighted by Gasteiger charge is 2.23. The minimum atomic E-state index is -0.0902. The van der Waals surface area contributed by atoms with Crippen LogP contribution in [0.1, 0.15) is 23.7 Å². The summed E-state index contributed by atoms with van der Waals surface area (Å²) in [6.07, 6.45) is 0.440. The van der Waals surface area contributed by atoms with Crippen molar-refractivity contribution in [3.05, 3.63) is 29.8 Å². The summed E-state index contributed by atoms with van der Waals surface area (Å²) >= 11 is 0. The van der Waals surface area contributed by atoms with Gasteiger partial charge in [0.2, 0.25) is 0 Å². The molecule has 4 nitrogen and oxygen atoms in total. The van der Waals surface area contributed by atoms with Crippen LogP contribution in [0.2, 0.25) is 0 Å². The summed E-state index contributed by atoms with van der Waals surface area (Å²) in [5, 5.41) is 0. The number of ketones is 1. The molecule has 1 aliphatic rings. The summed E-state index contributed by atoms with van der Waals surface area (Å²) < 4.78 is 5.08. The number of amides is 1. The Labute approximate surface area is 100 Å². The average molecular weight is 233 g/mol. The van der Waals surface area contributed by atoms with Gasteiger partial charge in [-0.05, 0) is 12.1 Å². The Morgan fingerprint density at radius 2 is 2.18 bits per heavy atom. The Balaban J connectivity index is 2.37. The fourth-order valence-corrected chi connectivity index (χ4v) is 1.91. The van der Waals surface area contributed by atoms with E-state index in [4.69, 9.17) is 4.74 Å². The molecule has 1 saturated heterocycles. The summed E-state index contributed by atoms with van der Waals surface area (Å²) in [5.41, 5.74) is 1.32. The van der Waals surface area contributed by atoms with Crippen LogP contribution in [0.25, 0.3) is 0 Å². The highest BCUT2D eigenvalue weighted by molar-refractivity contribution is 6.06. The van der Waals surface area contributed by atoms with Crippen molar-refractivity contribution in [2.45, 2.75) is 13.3 Å². The Hall–Kier alpha value is -1.68. The maximum absolute atomic E-state index is 11.8. The minimum Gasteiger partial charge on any atom is -0.370 e. The van der Waals surface area contributed by atoms with E-state index in [0.29, 0.717) is 30.8 Å². The average Bonchev–Trinajstić information content (AvgIpc) is 2.38. The summed E-state index contributed by atoms with van der Waals surface area (Å²) in [4.78, 5) is 25.2. The van der Waals surface area contributed by atoms with Crippen LogP contribution in [0.5, 0.6) is 0 Å². The summed E-state index contributed by atoms with van der Waals surface area (Å²) in [6, 6.07) is 7.23. The van der Waals surface area contributed by atoms with Gasteiger partial charge in [0, 0.05) is 18.5 Å². The quantitative estimate of drug-likeness (QED) is 0.746. The predicted octanol–water partition coefficient (Wildman–Crippen LogP) is 1.64. The fraction of sp³-hybridized carbons (Fsp3) is 0.385. The summed E-state index contributed by atoms with van der Waals surface area (Å²) in [5.74, 6) is -0.0347. The van der Waals surface area contributed by atoms with Gasteiger partial charge in [0.1, 0.15) is 6.61 Å². The highest BCUT2D eigenvalue weighted by atomic mass is 16.5. The third-order valence-electron chi connectivity index (χ3n) is 2.80. The first kappa shape index (κ1) is 11.8. The molecule has 2 rings (SSSR count). The molecule has 0 N–H and O–H groups in total. The van der Waals surface area contributed by atoms with Crippen molar-refractivity contribution in [3.8, 4) is 0 Å². The van der Waals surface area contributed by atoms with E-state index in [2.05, 4.69) is 0 Å². The molecule has 17 heavy (non-hydrogen) atoms. The van der Waals surface area contributed by atoms with Crippen molar-refractivity contribution in [1.29, 1.82) is 0 Å². The van der Waals surface area contributed by atoms with Crippen molar-refractivity contribution >= 4 is 17.4 Å². The standard InChI is InChI=1S/C13H15NO3/c1-2-12(15)10-5-3-4-6-11(10)14-7-8-17-9-13(14)16/h3-6H,2,7-9H2,1H3. The second-order valence-electron chi connectivity index (χ2n) is 3.89. The fourth-order valence-electron chi connectivity index (χ4n) is 1.91. The number of Topliss-reactive ketones (excluding diaryl/α,β-unsaturated/α-hetero) is 1. The number of para-hydroxylation sites is 1. The van der Waals surface area contributed by atoms with E-state index in [0.717, 1.165) is 0 Å². The molecule has 0 unspecified atom stereocenters. The molecule has 0 saturated carbocycles. The van der Waals surface area contributed by atoms with Gasteiger partial charge in [-0.25, -0.2) is 0 Å². The molecule has 0 aromatic heterocycles. The first-order chi connectivity index (χ1) is 8.24. The van der Waals surface area contributed by atoms with E-state index in [1.54, 1.807) is 11.0 Å². The van der Waals surface area contributed by atoms with E-state index in [-0.39, 0.29) is 18.3 Å². The number of morpholine rings is 1. The topological polar surface area (TPSA) is 46.6 Å². The van der Waals surface area contributed by atoms with Crippen LogP contribution in [0.3, 0.4) is 0 Å². The molecule has 1 aromatic rings. The number of rotatable bonds is 3. The molecule has 90 valence electrons. The first-order valence-electron chi connectivity index (χ1n) is 5.74. The van der Waals surface area contributed by atoms with E-state index < -0.39 is 0 Å². The normalized spacial score (nSPS) is 16.1. The Morgan fingerprint density at radius 1 is 1.41 bits per heavy atom. The maximum Gasteiger partial charge on any atom is 0.253 e. The van der Waals surface area contributed by atoms with Gasteiger partial charge in [0.25, 0.3) is 5.91 Å². The van der Waals surface area contributed by atoms with Crippen molar-refractivity contribution in [3.63, 3.8) is 0 Å². The largest absolute Gasteiger partial charge is 0.370 e. The number of hydrogen-bond acceptors (Lipinski definition) is 3. The Bertz CT molecular complexity index is 442. The molecule has 0 atom stereocenters. The van der Waals surface area contributed by atoms with E-state index >= 15 is 0 Å². The zero-order chi connectivity index (χ0) is 12.3. The third kappa shape index (κ3) is 2.36. The lowest BCUT2D eigenvalue weighted by Gasteiger charge is -2.28. The molecular weight excluding hydrogens is 218 g/mol. The molecule has 1 aliphatic heterocycles. The third-order valence-corrected chi connectivity index (χ3v) is 2.80. The van der Waals surface area contributed by atoms with Crippen LogP contribution in [-0.4, -0.2) is 31.4 Å². The van der Waals surface area contributed by atoms with Gasteiger partial charge in [0.05, 0.1) is 12.3 Å². The van der Waals surface area contributed by atoms with Gasteiger partial charge in [-0.15, -0.1) is 0 Å². The van der Waals surface area contributed by atoms with Crippen LogP contribution < -0.4 is 4.90 Å². The molecule has 0 spiro atoms. The summed E-state index contributed by atoms with van der Waals surface area (Å²) in [6.45, 7) is 2.93. The smallest absolute Gasteiger partial charge is 0.253 e. The number of carbonyl (C=O) groups is 2. The van der Waals surface area contributed by atoms with Crippen LogP contribution in [0.15, 0.2) is 24.3 Å². The molecule has 0 aliphatic carbocycles. The molecule has 1 fully saturated rings. The van der Waals surface area contributed by atoms with Crippen LogP contribution in [0, 0.1) is 0 Å². The number of ether oxygens (including phenoxy) is 1. The van der Waals surface area contributed by atoms with Crippen LogP contribution in [0.4, 0.5) is 5.69 Å². The van der Waals surface area contributed by atoms with Crippen LogP contribution in [-0.2, 0) is 9.53 Å². The van der Waals surface area contributed by atoms with Gasteiger partial charge < -0.3 is 9.64 Å². The molecule has 0 radical (unpaired) electrons. The monoisotopic (exact) mass is 233 g/mol. The zero-order valence-electron chi connectivity index (χ0n) is 9.81. The van der Waals surface area contributed by atoms with E-state index in [1.165, 1.54) is 0 Å². The van der Waals surface area contributed by atoms with Gasteiger partial charge in [0.15, 0.2) is 5.78 Å². The van der Waals surface area contributed by atoms with E-state index in [9.17, 15) is 9.59 Å². The van der Waals surface area contributed by atoms with Crippen molar-refractivity contribution < 1.29 is 14.3 Å². The second-order valence-corrected chi connectivity index (χ2v) is 3.89. The zero-order valence-corrected chi connectivity index (χ0v) is 9.81. The predicted molar refractivity (Wildman–Crippen MR) is 64.2 cm³/mol. The Kier molecular flexibility index (Phi) is 3.54. The molecular formula is C13H15NO3. The van der Waals surface area contributed by atoms with Crippen molar-refractivity contribution in [1.82, 2.24) is 0 Å². The van der Waals surface area contributed by atoms with Gasteiger partial charge in [-0.1, -0.05) is 19.1 Å². The lowest BCUT2D eigenvalue weighted by molar-refractivity contribution is -0.125. The molecule has 0 bridgehead atoms. The number of hydrogen-bond donors (Lipinski definition) is 0. The summed E-state index contributed by atoms with van der Waals surface area (Å²) in [7, 11) is 0. The highest BCUT2D eigenvalue weighted by Crippen LogP contribution is 2.23. The molecule has 1 aromatic carbocycles.